The van der Waals surface area contributed by atoms with Crippen LogP contribution in [0.5, 0.6) is 0 Å². The monoisotopic (exact) mass is 140 g/mol. The molecule has 0 unspecified atom stereocenters. The summed E-state index contributed by atoms with van der Waals surface area (Å²) in [5, 5.41) is 2.06. The predicted molar refractivity (Wildman–Crippen MR) is 38.2 cm³/mol. The highest BCUT2D eigenvalue weighted by Crippen LogP contribution is 2.23. The summed E-state index contributed by atoms with van der Waals surface area (Å²) in [6.45, 7) is 0. The summed E-state index contributed by atoms with van der Waals surface area (Å²) in [5.74, 6) is 0. The third kappa shape index (κ3) is 0.853. The fourth-order valence-electron chi connectivity index (χ4n) is 1.34. The Labute approximate surface area is 60.0 Å². The van der Waals surface area contributed by atoms with Gasteiger partial charge in [-0.25, -0.2) is 0 Å². The predicted octanol–water partition coefficient (Wildman–Crippen LogP) is -0.728. The summed E-state index contributed by atoms with van der Waals surface area (Å²) >= 11 is 0. The second-order valence-corrected chi connectivity index (χ2v) is 2.86. The Hall–Kier alpha value is -0.740. The largest absolute Gasteiger partial charge is 0.328 e. The lowest BCUT2D eigenvalue weighted by molar-refractivity contribution is 0.112. The average molecular weight is 140 g/mol. The van der Waals surface area contributed by atoms with E-state index in [2.05, 4.69) is 16.0 Å². The minimum Gasteiger partial charge on any atom is -0.328 e. The molecule has 4 N–H and O–H groups in total. The second kappa shape index (κ2) is 2.14. The van der Waals surface area contributed by atoms with Crippen molar-refractivity contribution in [3.05, 3.63) is 12.4 Å². The number of nitrogens with one attached hydrogen (secondary N) is 2. The molecule has 4 nitrogen and oxygen atoms in total. The molecule has 56 valence electrons. The van der Waals surface area contributed by atoms with Gasteiger partial charge >= 0.3 is 0 Å². The lowest BCUT2D eigenvalue weighted by Gasteiger charge is -2.38. The molecule has 0 amide bonds. The van der Waals surface area contributed by atoms with E-state index in [4.69, 9.17) is 5.73 Å². The van der Waals surface area contributed by atoms with Crippen LogP contribution in [0.15, 0.2) is 12.4 Å². The first kappa shape index (κ1) is 6.00. The second-order valence-electron chi connectivity index (χ2n) is 2.86. The van der Waals surface area contributed by atoms with Crippen LogP contribution in [0, 0.1) is 0 Å². The van der Waals surface area contributed by atoms with E-state index in [-0.39, 0.29) is 0 Å². The Balaban J connectivity index is 1.84. The molecule has 1 aliphatic carbocycles. The first-order chi connectivity index (χ1) is 4.86. The van der Waals surface area contributed by atoms with Gasteiger partial charge < -0.3 is 11.2 Å². The molecular formula is C6H12N4. The maximum Gasteiger partial charge on any atom is 0.0496 e. The topological polar surface area (TPSA) is 53.3 Å². The van der Waals surface area contributed by atoms with Crippen molar-refractivity contribution in [1.29, 1.82) is 0 Å². The summed E-state index contributed by atoms with van der Waals surface area (Å²) in [6.07, 6.45) is 6.07. The molecule has 0 aromatic heterocycles. The number of hydrogen-bond acceptors (Lipinski definition) is 4. The van der Waals surface area contributed by atoms with Crippen molar-refractivity contribution in [2.75, 3.05) is 0 Å². The molecule has 0 aromatic carbocycles. The SMILES string of the molecule is N[C@H]1C[C@H](N2C=CNN2)C1. The summed E-state index contributed by atoms with van der Waals surface area (Å²) < 4.78 is 0. The summed E-state index contributed by atoms with van der Waals surface area (Å²) in [6, 6.07) is 1.02. The van der Waals surface area contributed by atoms with Gasteiger partial charge in [-0.1, -0.05) is 0 Å². The van der Waals surface area contributed by atoms with Crippen LogP contribution < -0.4 is 16.7 Å². The van der Waals surface area contributed by atoms with Gasteiger partial charge in [0.1, 0.15) is 0 Å². The molecule has 1 fully saturated rings. The van der Waals surface area contributed by atoms with Gasteiger partial charge in [0, 0.05) is 24.5 Å². The van der Waals surface area contributed by atoms with Crippen molar-refractivity contribution < 1.29 is 0 Å². The number of rotatable bonds is 1. The minimum absolute atomic E-state index is 0.417. The van der Waals surface area contributed by atoms with Gasteiger partial charge in [0.05, 0.1) is 0 Å². The van der Waals surface area contributed by atoms with Crippen molar-refractivity contribution in [1.82, 2.24) is 16.0 Å². The summed E-state index contributed by atoms with van der Waals surface area (Å²) in [7, 11) is 0. The molecule has 1 heterocycles. The lowest BCUT2D eigenvalue weighted by Crippen LogP contribution is -2.53. The van der Waals surface area contributed by atoms with Crippen LogP contribution in [-0.4, -0.2) is 17.1 Å². The Morgan fingerprint density at radius 1 is 1.50 bits per heavy atom. The molecule has 0 saturated heterocycles. The van der Waals surface area contributed by atoms with Crippen molar-refractivity contribution in [3.63, 3.8) is 0 Å². The van der Waals surface area contributed by atoms with Crippen LogP contribution in [0.25, 0.3) is 0 Å². The summed E-state index contributed by atoms with van der Waals surface area (Å²) in [5.41, 5.74) is 11.5. The van der Waals surface area contributed by atoms with Crippen LogP contribution in [0.2, 0.25) is 0 Å². The van der Waals surface area contributed by atoms with Gasteiger partial charge in [-0.3, -0.25) is 5.01 Å². The maximum absolute atomic E-state index is 5.64. The van der Waals surface area contributed by atoms with Gasteiger partial charge in [-0.2, -0.15) is 0 Å². The molecule has 0 aromatic rings. The van der Waals surface area contributed by atoms with Gasteiger partial charge in [0.15, 0.2) is 0 Å². The molecule has 2 aliphatic rings. The highest BCUT2D eigenvalue weighted by atomic mass is 15.7. The van der Waals surface area contributed by atoms with Gasteiger partial charge in [-0.15, -0.1) is 5.53 Å². The van der Waals surface area contributed by atoms with Crippen LogP contribution in [0.4, 0.5) is 0 Å². The van der Waals surface area contributed by atoms with Crippen LogP contribution in [0.1, 0.15) is 12.8 Å². The number of hydrazine groups is 2. The van der Waals surface area contributed by atoms with Gasteiger partial charge in [-0.05, 0) is 12.8 Å². The fraction of sp³-hybridized carbons (Fsp3) is 0.667. The molecule has 0 spiro atoms. The van der Waals surface area contributed by atoms with Crippen molar-refractivity contribution in [2.45, 2.75) is 24.9 Å². The van der Waals surface area contributed by atoms with Crippen LogP contribution >= 0.6 is 0 Å². The van der Waals surface area contributed by atoms with E-state index in [1.165, 1.54) is 0 Å². The van der Waals surface area contributed by atoms with Crippen molar-refractivity contribution in [3.8, 4) is 0 Å². The van der Waals surface area contributed by atoms with E-state index in [1.807, 2.05) is 12.4 Å². The smallest absolute Gasteiger partial charge is 0.0496 e. The number of hydrogen-bond donors (Lipinski definition) is 3. The number of nitrogens with zero attached hydrogens (tertiary/aromatic N) is 1. The first-order valence-corrected chi connectivity index (χ1v) is 3.58. The van der Waals surface area contributed by atoms with E-state index in [0.717, 1.165) is 12.8 Å². The molecule has 0 atom stereocenters. The molecule has 10 heavy (non-hydrogen) atoms. The average Bonchev–Trinajstić information content (AvgIpc) is 2.31. The van der Waals surface area contributed by atoms with E-state index in [0.29, 0.717) is 12.1 Å². The van der Waals surface area contributed by atoms with Crippen molar-refractivity contribution in [2.24, 2.45) is 5.73 Å². The third-order valence-corrected chi connectivity index (χ3v) is 2.06. The molecule has 1 aliphatic heterocycles. The molecular weight excluding hydrogens is 128 g/mol. The van der Waals surface area contributed by atoms with Crippen LogP contribution in [0.3, 0.4) is 0 Å². The summed E-state index contributed by atoms with van der Waals surface area (Å²) in [4.78, 5) is 0. The van der Waals surface area contributed by atoms with E-state index in [1.54, 1.807) is 0 Å². The highest BCUT2D eigenvalue weighted by molar-refractivity contribution is 4.95. The minimum atomic E-state index is 0.417. The zero-order valence-corrected chi connectivity index (χ0v) is 5.75. The fourth-order valence-corrected chi connectivity index (χ4v) is 1.34. The zero-order valence-electron chi connectivity index (χ0n) is 5.75. The number of nitrogens with two attached hydrogens (primary N) is 1. The van der Waals surface area contributed by atoms with Crippen LogP contribution in [-0.2, 0) is 0 Å². The van der Waals surface area contributed by atoms with Gasteiger partial charge in [0.2, 0.25) is 0 Å². The Morgan fingerprint density at radius 3 is 2.80 bits per heavy atom. The first-order valence-electron chi connectivity index (χ1n) is 3.58. The molecule has 0 bridgehead atoms. The van der Waals surface area contributed by atoms with E-state index < -0.39 is 0 Å². The lowest BCUT2D eigenvalue weighted by atomic mass is 9.87. The maximum atomic E-state index is 5.64. The highest BCUT2D eigenvalue weighted by Gasteiger charge is 2.30. The molecule has 1 saturated carbocycles. The Kier molecular flexibility index (Phi) is 1.28. The quantitative estimate of drug-likeness (QED) is 0.449. The molecule has 0 radical (unpaired) electrons. The normalized spacial score (nSPS) is 37.5. The van der Waals surface area contributed by atoms with Crippen molar-refractivity contribution >= 4 is 0 Å². The standard InChI is InChI=1S/C6H12N4/c7-5-3-6(4-5)10-2-1-8-9-10/h1-2,5-6,8-9H,3-4,7H2/t5-,6-. The zero-order chi connectivity index (χ0) is 6.97. The van der Waals surface area contributed by atoms with E-state index >= 15 is 0 Å². The Bertz CT molecular complexity index is 150. The van der Waals surface area contributed by atoms with Gasteiger partial charge in [0.25, 0.3) is 0 Å². The Morgan fingerprint density at radius 2 is 2.30 bits per heavy atom. The molecule has 2 rings (SSSR count). The van der Waals surface area contributed by atoms with E-state index in [9.17, 15) is 0 Å². The molecule has 4 heteroatoms. The third-order valence-electron chi connectivity index (χ3n) is 2.06.